The highest BCUT2D eigenvalue weighted by Crippen LogP contribution is 2.63. The van der Waals surface area contributed by atoms with Crippen molar-refractivity contribution in [1.82, 2.24) is 4.98 Å². The summed E-state index contributed by atoms with van der Waals surface area (Å²) in [5.41, 5.74) is 19.5. The molecule has 1 nitrogen and oxygen atoms in total. The van der Waals surface area contributed by atoms with Crippen molar-refractivity contribution in [2.24, 2.45) is 0 Å². The molecular formula is C54H47NSi2. The van der Waals surface area contributed by atoms with Gasteiger partial charge in [-0.2, -0.15) is 0 Å². The van der Waals surface area contributed by atoms with Crippen LogP contribution in [0.15, 0.2) is 176 Å². The molecule has 0 N–H and O–H groups in total. The van der Waals surface area contributed by atoms with Gasteiger partial charge in [0.2, 0.25) is 0 Å². The molecular weight excluding hydrogens is 719 g/mol. The fourth-order valence-electron chi connectivity index (χ4n) is 9.43. The Morgan fingerprint density at radius 1 is 0.316 bits per heavy atom. The molecule has 7 aromatic carbocycles. The van der Waals surface area contributed by atoms with E-state index in [1.807, 2.05) is 0 Å². The van der Waals surface area contributed by atoms with Crippen LogP contribution in [0.3, 0.4) is 0 Å². The lowest BCUT2D eigenvalue weighted by Crippen LogP contribution is -2.37. The van der Waals surface area contributed by atoms with Crippen molar-refractivity contribution >= 4 is 26.5 Å². The summed E-state index contributed by atoms with van der Waals surface area (Å²) < 4.78 is 0. The standard InChI is InChI=1S/C54H47NSi2/c1-56(2,3)42-27-22-36(23-28-42)52-34-41(35-53(55-52)37-24-29-43(30-25-37)57(4,5)6)39-15-13-14-38(32-39)40-26-31-47-46-18-9-12-21-50(46)54(51(47)33-40)48-19-10-7-16-44(48)45-17-8-11-20-49(45)54/h7-35H,1-6H3. The Kier molecular flexibility index (Phi) is 8.16. The predicted molar refractivity (Wildman–Crippen MR) is 248 cm³/mol. The van der Waals surface area contributed by atoms with Crippen LogP contribution in [0.1, 0.15) is 22.3 Å². The number of benzene rings is 7. The van der Waals surface area contributed by atoms with Crippen molar-refractivity contribution in [2.75, 3.05) is 0 Å². The minimum absolute atomic E-state index is 0.363. The molecule has 2 aliphatic carbocycles. The molecule has 0 amide bonds. The Labute approximate surface area is 339 Å². The summed E-state index contributed by atoms with van der Waals surface area (Å²) in [7, 11) is -2.86. The average molecular weight is 766 g/mol. The van der Waals surface area contributed by atoms with Crippen LogP contribution in [-0.2, 0) is 5.41 Å². The van der Waals surface area contributed by atoms with Crippen molar-refractivity contribution < 1.29 is 0 Å². The zero-order chi connectivity index (χ0) is 39.1. The van der Waals surface area contributed by atoms with Gasteiger partial charge in [-0.15, -0.1) is 0 Å². The van der Waals surface area contributed by atoms with Gasteiger partial charge >= 0.3 is 0 Å². The van der Waals surface area contributed by atoms with Gasteiger partial charge in [-0.05, 0) is 91.0 Å². The van der Waals surface area contributed by atoms with Gasteiger partial charge in [0.15, 0.2) is 0 Å². The number of pyridine rings is 1. The Morgan fingerprint density at radius 2 is 0.702 bits per heavy atom. The first-order valence-corrected chi connectivity index (χ1v) is 27.3. The summed E-state index contributed by atoms with van der Waals surface area (Å²) >= 11 is 0. The van der Waals surface area contributed by atoms with E-state index in [1.165, 1.54) is 77.1 Å². The summed E-state index contributed by atoms with van der Waals surface area (Å²) in [6.07, 6.45) is 0. The maximum atomic E-state index is 5.32. The van der Waals surface area contributed by atoms with Gasteiger partial charge in [-0.1, -0.05) is 201 Å². The smallest absolute Gasteiger partial charge is 0.0775 e. The van der Waals surface area contributed by atoms with Crippen LogP contribution >= 0.6 is 0 Å². The average Bonchev–Trinajstić information content (AvgIpc) is 3.70. The Morgan fingerprint density at radius 3 is 1.16 bits per heavy atom. The molecule has 0 atom stereocenters. The van der Waals surface area contributed by atoms with Gasteiger partial charge in [0.05, 0.1) is 33.0 Å². The lowest BCUT2D eigenvalue weighted by molar-refractivity contribution is 0.794. The second-order valence-corrected chi connectivity index (χ2v) is 28.2. The Balaban J connectivity index is 1.12. The topological polar surface area (TPSA) is 12.9 Å². The molecule has 0 radical (unpaired) electrons. The molecule has 1 spiro atoms. The molecule has 1 aromatic heterocycles. The van der Waals surface area contributed by atoms with Crippen molar-refractivity contribution in [1.29, 1.82) is 0 Å². The highest BCUT2D eigenvalue weighted by Gasteiger charge is 2.51. The van der Waals surface area contributed by atoms with Crippen LogP contribution in [0.5, 0.6) is 0 Å². The van der Waals surface area contributed by atoms with Crippen LogP contribution < -0.4 is 10.4 Å². The second kappa shape index (κ2) is 13.1. The van der Waals surface area contributed by atoms with Gasteiger partial charge in [-0.3, -0.25) is 0 Å². The van der Waals surface area contributed by atoms with E-state index in [1.54, 1.807) is 0 Å². The zero-order valence-corrected chi connectivity index (χ0v) is 35.7. The fraction of sp³-hybridized carbons (Fsp3) is 0.130. The zero-order valence-electron chi connectivity index (χ0n) is 33.7. The highest BCUT2D eigenvalue weighted by atomic mass is 28.3. The monoisotopic (exact) mass is 765 g/mol. The van der Waals surface area contributed by atoms with E-state index in [4.69, 9.17) is 4.98 Å². The third-order valence-electron chi connectivity index (χ3n) is 12.4. The maximum absolute atomic E-state index is 5.32. The molecule has 2 aliphatic rings. The summed E-state index contributed by atoms with van der Waals surface area (Å²) in [6.45, 7) is 14.4. The number of hydrogen-bond acceptors (Lipinski definition) is 1. The molecule has 1 heterocycles. The second-order valence-electron chi connectivity index (χ2n) is 18.0. The molecule has 57 heavy (non-hydrogen) atoms. The van der Waals surface area contributed by atoms with E-state index >= 15 is 0 Å². The molecule has 0 fully saturated rings. The normalized spacial score (nSPS) is 13.6. The summed E-state index contributed by atoms with van der Waals surface area (Å²) in [5, 5.41) is 2.92. The Bertz CT molecular complexity index is 2710. The first-order valence-electron chi connectivity index (χ1n) is 20.3. The quantitative estimate of drug-likeness (QED) is 0.154. The van der Waals surface area contributed by atoms with E-state index in [2.05, 4.69) is 215 Å². The minimum atomic E-state index is -1.43. The molecule has 276 valence electrons. The molecule has 0 unspecified atom stereocenters. The highest BCUT2D eigenvalue weighted by molar-refractivity contribution is 6.89. The summed E-state index contributed by atoms with van der Waals surface area (Å²) in [6, 6.07) is 66.3. The van der Waals surface area contributed by atoms with Gasteiger partial charge < -0.3 is 0 Å². The van der Waals surface area contributed by atoms with E-state index < -0.39 is 16.1 Å². The van der Waals surface area contributed by atoms with Crippen molar-refractivity contribution in [3.8, 4) is 67.0 Å². The number of fused-ring (bicyclic) bond motifs is 10. The molecule has 10 rings (SSSR count). The van der Waals surface area contributed by atoms with Crippen LogP contribution in [0, 0.1) is 0 Å². The van der Waals surface area contributed by atoms with Crippen LogP contribution in [0.25, 0.3) is 67.0 Å². The third-order valence-corrected chi connectivity index (χ3v) is 16.6. The summed E-state index contributed by atoms with van der Waals surface area (Å²) in [4.78, 5) is 5.32. The lowest BCUT2D eigenvalue weighted by atomic mass is 9.70. The minimum Gasteiger partial charge on any atom is -0.248 e. The van der Waals surface area contributed by atoms with Crippen molar-refractivity contribution in [3.05, 3.63) is 198 Å². The van der Waals surface area contributed by atoms with Crippen LogP contribution in [0.2, 0.25) is 39.3 Å². The fourth-order valence-corrected chi connectivity index (χ4v) is 11.8. The van der Waals surface area contributed by atoms with Crippen molar-refractivity contribution in [3.63, 3.8) is 0 Å². The molecule has 0 bridgehead atoms. The van der Waals surface area contributed by atoms with Gasteiger partial charge in [-0.25, -0.2) is 4.98 Å². The Hall–Kier alpha value is -5.88. The number of aromatic nitrogens is 1. The summed E-state index contributed by atoms with van der Waals surface area (Å²) in [5.74, 6) is 0. The van der Waals surface area contributed by atoms with E-state index in [-0.39, 0.29) is 5.41 Å². The molecule has 0 saturated heterocycles. The van der Waals surface area contributed by atoms with Crippen LogP contribution in [-0.4, -0.2) is 21.1 Å². The molecule has 8 aromatic rings. The lowest BCUT2D eigenvalue weighted by Gasteiger charge is -2.30. The number of rotatable bonds is 6. The molecule has 3 heteroatoms. The molecule has 0 aliphatic heterocycles. The first-order chi connectivity index (χ1) is 27.5. The number of hydrogen-bond donors (Lipinski definition) is 0. The van der Waals surface area contributed by atoms with Crippen molar-refractivity contribution in [2.45, 2.75) is 44.7 Å². The van der Waals surface area contributed by atoms with Gasteiger partial charge in [0.1, 0.15) is 0 Å². The third kappa shape index (κ3) is 5.75. The van der Waals surface area contributed by atoms with E-state index in [9.17, 15) is 0 Å². The van der Waals surface area contributed by atoms with E-state index in [0.29, 0.717) is 0 Å². The first kappa shape index (κ1) is 35.5. The SMILES string of the molecule is C[Si](C)(C)c1ccc(-c2cc(-c3cccc(-c4ccc5c(c4)C4(c6ccccc6-c6ccccc64)c4ccccc4-5)c3)cc(-c3ccc([Si](C)(C)C)cc3)n2)cc1. The van der Waals surface area contributed by atoms with Crippen LogP contribution in [0.4, 0.5) is 0 Å². The molecule has 0 saturated carbocycles. The maximum Gasteiger partial charge on any atom is 0.0775 e. The largest absolute Gasteiger partial charge is 0.248 e. The van der Waals surface area contributed by atoms with Gasteiger partial charge in [0, 0.05) is 11.1 Å². The van der Waals surface area contributed by atoms with E-state index in [0.717, 1.165) is 22.5 Å². The number of nitrogens with zero attached hydrogens (tertiary/aromatic N) is 1. The van der Waals surface area contributed by atoms with Gasteiger partial charge in [0.25, 0.3) is 0 Å². The predicted octanol–water partition coefficient (Wildman–Crippen LogP) is 13.2.